The van der Waals surface area contributed by atoms with Gasteiger partial charge in [-0.2, -0.15) is 10.5 Å². The molecule has 2 aromatic rings. The van der Waals surface area contributed by atoms with Crippen LogP contribution in [0.5, 0.6) is 0 Å². The molecule has 0 radical (unpaired) electrons. The van der Waals surface area contributed by atoms with Crippen LogP contribution in [0.15, 0.2) is 30.5 Å². The van der Waals surface area contributed by atoms with Crippen molar-refractivity contribution in [2.24, 2.45) is 5.92 Å². The van der Waals surface area contributed by atoms with Crippen molar-refractivity contribution in [1.29, 1.82) is 5.26 Å². The molecule has 1 saturated heterocycles. The summed E-state index contributed by atoms with van der Waals surface area (Å²) in [6.07, 6.45) is 4.08. The Bertz CT molecular complexity index is 689. The summed E-state index contributed by atoms with van der Waals surface area (Å²) < 4.78 is 0. The number of allylic oxidation sites excluding steroid dienone is 1. The molecular weight excluding hydrogens is 290 g/mol. The van der Waals surface area contributed by atoms with Gasteiger partial charge in [0.1, 0.15) is 11.6 Å². The van der Waals surface area contributed by atoms with Gasteiger partial charge >= 0.3 is 0 Å². The number of hydrogen-bond acceptors (Lipinski definition) is 6. The molecular formula is C16H19N7. The highest BCUT2D eigenvalue weighted by Crippen LogP contribution is 2.24. The summed E-state index contributed by atoms with van der Waals surface area (Å²) >= 11 is 0. The number of tetrazole rings is 1. The van der Waals surface area contributed by atoms with Crippen molar-refractivity contribution in [3.8, 4) is 6.07 Å². The van der Waals surface area contributed by atoms with E-state index in [1.54, 1.807) is 6.20 Å². The number of aromatic nitrogens is 4. The Morgan fingerprint density at radius 1 is 1.35 bits per heavy atom. The second-order valence-corrected chi connectivity index (χ2v) is 5.77. The molecule has 1 aliphatic heterocycles. The lowest BCUT2D eigenvalue weighted by molar-refractivity contribution is 0.438. The van der Waals surface area contributed by atoms with Crippen molar-refractivity contribution in [3.05, 3.63) is 36.3 Å². The first kappa shape index (κ1) is 15.0. The van der Waals surface area contributed by atoms with Crippen molar-refractivity contribution in [3.63, 3.8) is 0 Å². The van der Waals surface area contributed by atoms with Gasteiger partial charge in [0, 0.05) is 30.7 Å². The highest BCUT2D eigenvalue weighted by Gasteiger charge is 2.15. The van der Waals surface area contributed by atoms with Gasteiger partial charge in [-0.1, -0.05) is 6.92 Å². The Hall–Kier alpha value is -2.88. The van der Waals surface area contributed by atoms with Crippen LogP contribution < -0.4 is 10.2 Å². The number of anilines is 2. The monoisotopic (exact) mass is 309 g/mol. The molecule has 118 valence electrons. The highest BCUT2D eigenvalue weighted by molar-refractivity contribution is 5.74. The largest absolute Gasteiger partial charge is 0.372 e. The van der Waals surface area contributed by atoms with Crippen molar-refractivity contribution in [2.75, 3.05) is 23.3 Å². The van der Waals surface area contributed by atoms with Gasteiger partial charge in [0.15, 0.2) is 0 Å². The smallest absolute Gasteiger partial charge is 0.216 e. The Morgan fingerprint density at radius 3 is 2.70 bits per heavy atom. The van der Waals surface area contributed by atoms with Crippen molar-refractivity contribution < 1.29 is 0 Å². The van der Waals surface area contributed by atoms with Gasteiger partial charge in [-0.15, -0.1) is 10.2 Å². The molecule has 1 aromatic heterocycles. The minimum absolute atomic E-state index is 0.277. The first-order valence-electron chi connectivity index (χ1n) is 7.72. The Balaban J connectivity index is 1.65. The lowest BCUT2D eigenvalue weighted by Gasteiger charge is -2.32. The minimum atomic E-state index is 0.277. The normalized spacial score (nSPS) is 16.2. The molecule has 7 nitrogen and oxygen atoms in total. The zero-order valence-corrected chi connectivity index (χ0v) is 13.0. The molecule has 0 bridgehead atoms. The van der Waals surface area contributed by atoms with Crippen molar-refractivity contribution in [1.82, 2.24) is 20.6 Å². The molecule has 2 N–H and O–H groups in total. The minimum Gasteiger partial charge on any atom is -0.372 e. The fourth-order valence-electron chi connectivity index (χ4n) is 2.61. The maximum Gasteiger partial charge on any atom is 0.216 e. The number of nitrogens with one attached hydrogen (secondary N) is 2. The predicted molar refractivity (Wildman–Crippen MR) is 88.4 cm³/mol. The number of benzene rings is 1. The van der Waals surface area contributed by atoms with Gasteiger partial charge in [-0.25, -0.2) is 0 Å². The van der Waals surface area contributed by atoms with E-state index in [2.05, 4.69) is 49.9 Å². The fraction of sp³-hybridized carbons (Fsp3) is 0.375. The molecule has 1 aliphatic rings. The van der Waals surface area contributed by atoms with Crippen LogP contribution in [0.1, 0.15) is 25.6 Å². The van der Waals surface area contributed by atoms with E-state index in [0.717, 1.165) is 24.7 Å². The van der Waals surface area contributed by atoms with Crippen LogP contribution in [-0.2, 0) is 0 Å². The molecule has 0 aliphatic carbocycles. The van der Waals surface area contributed by atoms with E-state index < -0.39 is 0 Å². The summed E-state index contributed by atoms with van der Waals surface area (Å²) in [4.78, 5) is 2.42. The van der Waals surface area contributed by atoms with Gasteiger partial charge in [-0.3, -0.25) is 0 Å². The molecule has 0 amide bonds. The molecule has 0 saturated carbocycles. The average molecular weight is 309 g/mol. The number of aromatic amines is 1. The molecule has 2 heterocycles. The topological polar surface area (TPSA) is 93.5 Å². The fourth-order valence-corrected chi connectivity index (χ4v) is 2.61. The SMILES string of the molecule is CC1CCN(c2ccc(NC=C(C#N)c3nn[nH]n3)cc2)CC1. The van der Waals surface area contributed by atoms with E-state index >= 15 is 0 Å². The first-order chi connectivity index (χ1) is 11.3. The molecule has 23 heavy (non-hydrogen) atoms. The average Bonchev–Trinajstić information content (AvgIpc) is 3.11. The predicted octanol–water partition coefficient (Wildman–Crippen LogP) is 2.41. The second kappa shape index (κ2) is 6.92. The van der Waals surface area contributed by atoms with Crippen LogP contribution in [0.3, 0.4) is 0 Å². The third kappa shape index (κ3) is 3.66. The molecule has 0 spiro atoms. The number of nitrogens with zero attached hydrogens (tertiary/aromatic N) is 5. The van der Waals surface area contributed by atoms with E-state index in [1.807, 2.05) is 18.2 Å². The first-order valence-corrected chi connectivity index (χ1v) is 7.72. The Labute approximate surface area is 135 Å². The van der Waals surface area contributed by atoms with Crippen LogP contribution in [0.2, 0.25) is 0 Å². The number of piperidine rings is 1. The molecule has 0 unspecified atom stereocenters. The van der Waals surface area contributed by atoms with Gasteiger partial charge in [0.05, 0.1) is 0 Å². The molecule has 0 atom stereocenters. The zero-order valence-electron chi connectivity index (χ0n) is 13.0. The molecule has 7 heteroatoms. The molecule has 1 fully saturated rings. The van der Waals surface area contributed by atoms with Crippen LogP contribution in [0.4, 0.5) is 11.4 Å². The van der Waals surface area contributed by atoms with Gasteiger partial charge in [0.2, 0.25) is 5.82 Å². The number of nitriles is 1. The van der Waals surface area contributed by atoms with E-state index in [4.69, 9.17) is 5.26 Å². The maximum absolute atomic E-state index is 9.12. The van der Waals surface area contributed by atoms with Crippen LogP contribution in [0.25, 0.3) is 5.57 Å². The van der Waals surface area contributed by atoms with Crippen LogP contribution in [0, 0.1) is 17.2 Å². The van der Waals surface area contributed by atoms with E-state index in [1.165, 1.54) is 18.5 Å². The summed E-state index contributed by atoms with van der Waals surface area (Å²) in [5.41, 5.74) is 2.48. The van der Waals surface area contributed by atoms with E-state index in [-0.39, 0.29) is 5.82 Å². The summed E-state index contributed by atoms with van der Waals surface area (Å²) in [7, 11) is 0. The van der Waals surface area contributed by atoms with Crippen LogP contribution in [-0.4, -0.2) is 33.7 Å². The highest BCUT2D eigenvalue weighted by atomic mass is 15.5. The van der Waals surface area contributed by atoms with Gasteiger partial charge in [-0.05, 0) is 48.2 Å². The number of rotatable bonds is 4. The third-order valence-electron chi connectivity index (χ3n) is 4.11. The number of H-pyrrole nitrogens is 1. The standard InChI is InChI=1S/C16H19N7/c1-12-6-8-23(9-7-12)15-4-2-14(3-5-15)18-11-13(10-17)16-19-21-22-20-16/h2-5,11-12,18H,6-9H2,1H3,(H,19,20,21,22). The lowest BCUT2D eigenvalue weighted by atomic mass is 9.99. The summed E-state index contributed by atoms with van der Waals surface area (Å²) in [6.45, 7) is 4.54. The summed E-state index contributed by atoms with van der Waals surface area (Å²) in [5.74, 6) is 1.10. The van der Waals surface area contributed by atoms with E-state index in [0.29, 0.717) is 5.57 Å². The molecule has 1 aromatic carbocycles. The lowest BCUT2D eigenvalue weighted by Crippen LogP contribution is -2.32. The Morgan fingerprint density at radius 2 is 2.09 bits per heavy atom. The summed E-state index contributed by atoms with van der Waals surface area (Å²) in [5, 5.41) is 25.6. The Kier molecular flexibility index (Phi) is 4.52. The zero-order chi connectivity index (χ0) is 16.1. The van der Waals surface area contributed by atoms with Crippen LogP contribution >= 0.6 is 0 Å². The maximum atomic E-state index is 9.12. The third-order valence-corrected chi connectivity index (χ3v) is 4.11. The van der Waals surface area contributed by atoms with Crippen molar-refractivity contribution in [2.45, 2.75) is 19.8 Å². The molecule has 3 rings (SSSR count). The van der Waals surface area contributed by atoms with Gasteiger partial charge in [0.25, 0.3) is 0 Å². The second-order valence-electron chi connectivity index (χ2n) is 5.77. The van der Waals surface area contributed by atoms with E-state index in [9.17, 15) is 0 Å². The van der Waals surface area contributed by atoms with Gasteiger partial charge < -0.3 is 10.2 Å². The van der Waals surface area contributed by atoms with Crippen molar-refractivity contribution >= 4 is 16.9 Å². The quantitative estimate of drug-likeness (QED) is 0.842. The number of hydrogen-bond donors (Lipinski definition) is 2. The summed E-state index contributed by atoms with van der Waals surface area (Å²) in [6, 6.07) is 10.3.